The quantitative estimate of drug-likeness (QED) is 0.596. The predicted molar refractivity (Wildman–Crippen MR) is 98.3 cm³/mol. The molecule has 1 aromatic rings. The van der Waals surface area contributed by atoms with Gasteiger partial charge >= 0.3 is 0 Å². The third-order valence-corrected chi connectivity index (χ3v) is 4.77. The maximum Gasteiger partial charge on any atom is 0.166 e. The van der Waals surface area contributed by atoms with Crippen LogP contribution in [0.2, 0.25) is 0 Å². The third kappa shape index (κ3) is 4.96. The first-order chi connectivity index (χ1) is 10.7. The molecule has 2 N–H and O–H groups in total. The molecular weight excluding hydrogens is 290 g/mol. The van der Waals surface area contributed by atoms with Crippen molar-refractivity contribution in [2.24, 2.45) is 0 Å². The molecule has 0 fully saturated rings. The molecule has 0 heterocycles. The van der Waals surface area contributed by atoms with Crippen LogP contribution in [-0.4, -0.2) is 36.2 Å². The average molecular weight is 320 g/mol. The minimum Gasteiger partial charge on any atom is -0.363 e. The highest BCUT2D eigenvalue weighted by Crippen LogP contribution is 2.29. The molecular formula is C18H29N3S. The number of hydrogen-bond acceptors (Lipinski definition) is 2. The lowest BCUT2D eigenvalue weighted by molar-refractivity contribution is 0.300. The monoisotopic (exact) mass is 319 g/mol. The number of nitrogens with one attached hydrogen (secondary N) is 2. The van der Waals surface area contributed by atoms with E-state index in [4.69, 9.17) is 12.2 Å². The standard InChI is InChI=1S/C18H29N3S/c1-3-21(4-2)14-8-13-19-18(22)20-17-12-7-10-15-9-5-6-11-16(15)17/h5-6,9,11,17H,3-4,7-8,10,12-14H2,1-2H3,(H2,19,20,22). The molecule has 0 spiro atoms. The summed E-state index contributed by atoms with van der Waals surface area (Å²) in [6.45, 7) is 8.75. The number of rotatable bonds is 7. The lowest BCUT2D eigenvalue weighted by Gasteiger charge is -2.27. The highest BCUT2D eigenvalue weighted by atomic mass is 32.1. The molecule has 4 heteroatoms. The summed E-state index contributed by atoms with van der Waals surface area (Å²) in [6.07, 6.45) is 4.72. The molecule has 0 saturated carbocycles. The fourth-order valence-electron chi connectivity index (χ4n) is 3.16. The summed E-state index contributed by atoms with van der Waals surface area (Å²) in [7, 11) is 0. The molecule has 0 radical (unpaired) electrons. The van der Waals surface area contributed by atoms with E-state index >= 15 is 0 Å². The van der Waals surface area contributed by atoms with Gasteiger partial charge in [0.15, 0.2) is 5.11 Å². The van der Waals surface area contributed by atoms with Gasteiger partial charge < -0.3 is 15.5 Å². The number of benzene rings is 1. The summed E-state index contributed by atoms with van der Waals surface area (Å²) in [6, 6.07) is 9.09. The van der Waals surface area contributed by atoms with Crippen LogP contribution in [0.3, 0.4) is 0 Å². The van der Waals surface area contributed by atoms with E-state index in [9.17, 15) is 0 Å². The molecule has 22 heavy (non-hydrogen) atoms. The lowest BCUT2D eigenvalue weighted by Crippen LogP contribution is -2.40. The van der Waals surface area contributed by atoms with Gasteiger partial charge in [-0.2, -0.15) is 0 Å². The minimum atomic E-state index is 0.368. The van der Waals surface area contributed by atoms with Gasteiger partial charge in [-0.3, -0.25) is 0 Å². The molecule has 122 valence electrons. The molecule has 1 unspecified atom stereocenters. The summed E-state index contributed by atoms with van der Waals surface area (Å²) < 4.78 is 0. The summed E-state index contributed by atoms with van der Waals surface area (Å²) in [5.41, 5.74) is 2.89. The van der Waals surface area contributed by atoms with Gasteiger partial charge in [0.05, 0.1) is 6.04 Å². The van der Waals surface area contributed by atoms with Crippen LogP contribution in [0.25, 0.3) is 0 Å². The Morgan fingerprint density at radius 2 is 2.05 bits per heavy atom. The molecule has 0 saturated heterocycles. The van der Waals surface area contributed by atoms with E-state index in [1.54, 1.807) is 0 Å². The molecule has 1 atom stereocenters. The van der Waals surface area contributed by atoms with Crippen molar-refractivity contribution in [3.63, 3.8) is 0 Å². The normalized spacial score (nSPS) is 17.1. The van der Waals surface area contributed by atoms with Crippen molar-refractivity contribution in [1.82, 2.24) is 15.5 Å². The zero-order chi connectivity index (χ0) is 15.8. The maximum absolute atomic E-state index is 5.46. The second-order valence-corrected chi connectivity index (χ2v) is 6.33. The zero-order valence-electron chi connectivity index (χ0n) is 13.9. The van der Waals surface area contributed by atoms with Crippen molar-refractivity contribution in [2.45, 2.75) is 45.6 Å². The molecule has 0 aromatic heterocycles. The maximum atomic E-state index is 5.46. The average Bonchev–Trinajstić information content (AvgIpc) is 2.55. The van der Waals surface area contributed by atoms with Gasteiger partial charge in [-0.25, -0.2) is 0 Å². The van der Waals surface area contributed by atoms with Crippen molar-refractivity contribution in [1.29, 1.82) is 0 Å². The fourth-order valence-corrected chi connectivity index (χ4v) is 3.40. The van der Waals surface area contributed by atoms with Gasteiger partial charge in [0.25, 0.3) is 0 Å². The Kier molecular flexibility index (Phi) is 7.13. The largest absolute Gasteiger partial charge is 0.363 e. The second-order valence-electron chi connectivity index (χ2n) is 5.92. The van der Waals surface area contributed by atoms with Gasteiger partial charge in [-0.1, -0.05) is 38.1 Å². The number of hydrogen-bond donors (Lipinski definition) is 2. The first kappa shape index (κ1) is 17.2. The first-order valence-electron chi connectivity index (χ1n) is 8.59. The number of thiocarbonyl (C=S) groups is 1. The van der Waals surface area contributed by atoms with Crippen LogP contribution in [0, 0.1) is 0 Å². The highest BCUT2D eigenvalue weighted by Gasteiger charge is 2.19. The molecule has 1 aliphatic carbocycles. The first-order valence-corrected chi connectivity index (χ1v) is 9.00. The molecule has 1 aliphatic rings. The van der Waals surface area contributed by atoms with E-state index in [1.165, 1.54) is 24.0 Å². The predicted octanol–water partition coefficient (Wildman–Crippen LogP) is 3.26. The van der Waals surface area contributed by atoms with Gasteiger partial charge in [0.2, 0.25) is 0 Å². The SMILES string of the molecule is CCN(CC)CCCNC(=S)NC1CCCc2ccccc21. The van der Waals surface area contributed by atoms with Crippen molar-refractivity contribution >= 4 is 17.3 Å². The molecule has 0 bridgehead atoms. The highest BCUT2D eigenvalue weighted by molar-refractivity contribution is 7.80. The van der Waals surface area contributed by atoms with Crippen LogP contribution in [0.5, 0.6) is 0 Å². The van der Waals surface area contributed by atoms with E-state index in [2.05, 4.69) is 53.6 Å². The van der Waals surface area contributed by atoms with Crippen molar-refractivity contribution in [3.8, 4) is 0 Å². The van der Waals surface area contributed by atoms with E-state index in [0.29, 0.717) is 6.04 Å². The Labute approximate surface area is 140 Å². The van der Waals surface area contributed by atoms with Gasteiger partial charge in [-0.05, 0) is 68.7 Å². The topological polar surface area (TPSA) is 27.3 Å². The van der Waals surface area contributed by atoms with Crippen LogP contribution in [0.4, 0.5) is 0 Å². The van der Waals surface area contributed by atoms with Crippen LogP contribution in [0.15, 0.2) is 24.3 Å². The van der Waals surface area contributed by atoms with Crippen LogP contribution < -0.4 is 10.6 Å². The van der Waals surface area contributed by atoms with Crippen molar-refractivity contribution in [2.75, 3.05) is 26.2 Å². The fraction of sp³-hybridized carbons (Fsp3) is 0.611. The van der Waals surface area contributed by atoms with Gasteiger partial charge in [0.1, 0.15) is 0 Å². The zero-order valence-corrected chi connectivity index (χ0v) is 14.7. The third-order valence-electron chi connectivity index (χ3n) is 4.51. The number of aryl methyl sites for hydroxylation is 1. The summed E-state index contributed by atoms with van der Waals surface area (Å²) in [4.78, 5) is 2.44. The molecule has 0 aliphatic heterocycles. The molecule has 2 rings (SSSR count). The summed E-state index contributed by atoms with van der Waals surface area (Å²) >= 11 is 5.46. The Bertz CT molecular complexity index is 471. The number of nitrogens with zero attached hydrogens (tertiary/aromatic N) is 1. The Hall–Kier alpha value is -1.13. The summed E-state index contributed by atoms with van der Waals surface area (Å²) in [5, 5.41) is 7.65. The van der Waals surface area contributed by atoms with Gasteiger partial charge in [0, 0.05) is 6.54 Å². The smallest absolute Gasteiger partial charge is 0.166 e. The Morgan fingerprint density at radius 3 is 2.82 bits per heavy atom. The second kappa shape index (κ2) is 9.11. The van der Waals surface area contributed by atoms with Gasteiger partial charge in [-0.15, -0.1) is 0 Å². The van der Waals surface area contributed by atoms with E-state index in [-0.39, 0.29) is 0 Å². The van der Waals surface area contributed by atoms with E-state index in [0.717, 1.165) is 44.1 Å². The Balaban J connectivity index is 1.74. The molecule has 3 nitrogen and oxygen atoms in total. The summed E-state index contributed by atoms with van der Waals surface area (Å²) in [5.74, 6) is 0. The minimum absolute atomic E-state index is 0.368. The van der Waals surface area contributed by atoms with Crippen LogP contribution in [0.1, 0.15) is 50.3 Å². The van der Waals surface area contributed by atoms with Crippen molar-refractivity contribution < 1.29 is 0 Å². The van der Waals surface area contributed by atoms with Crippen LogP contribution in [-0.2, 0) is 6.42 Å². The van der Waals surface area contributed by atoms with Crippen molar-refractivity contribution in [3.05, 3.63) is 35.4 Å². The van der Waals surface area contributed by atoms with Crippen LogP contribution >= 0.6 is 12.2 Å². The molecule has 1 aromatic carbocycles. The van der Waals surface area contributed by atoms with E-state index < -0.39 is 0 Å². The van der Waals surface area contributed by atoms with E-state index in [1.807, 2.05) is 0 Å². The molecule has 0 amide bonds. The number of fused-ring (bicyclic) bond motifs is 1. The Morgan fingerprint density at radius 1 is 1.27 bits per heavy atom. The lowest BCUT2D eigenvalue weighted by atomic mass is 9.88.